The molecule has 1 aliphatic rings. The Morgan fingerprint density at radius 2 is 2.14 bits per heavy atom. The number of anilines is 1. The monoisotopic (exact) mass is 289 g/mol. The minimum atomic E-state index is -0.610. The molecule has 0 bridgehead atoms. The Labute approximate surface area is 125 Å². The van der Waals surface area contributed by atoms with Crippen LogP contribution in [0.15, 0.2) is 24.3 Å². The molecule has 1 saturated heterocycles. The van der Waals surface area contributed by atoms with Gasteiger partial charge in [-0.2, -0.15) is 0 Å². The number of carbonyl (C=O) groups is 2. The van der Waals surface area contributed by atoms with Crippen molar-refractivity contribution < 1.29 is 9.59 Å². The summed E-state index contributed by atoms with van der Waals surface area (Å²) < 4.78 is 0. The van der Waals surface area contributed by atoms with Crippen molar-refractivity contribution in [1.82, 2.24) is 10.2 Å². The zero-order valence-corrected chi connectivity index (χ0v) is 12.7. The van der Waals surface area contributed by atoms with Gasteiger partial charge in [0.25, 0.3) is 0 Å². The van der Waals surface area contributed by atoms with E-state index in [0.717, 1.165) is 31.5 Å². The van der Waals surface area contributed by atoms with Crippen LogP contribution in [-0.4, -0.2) is 42.4 Å². The highest BCUT2D eigenvalue weighted by molar-refractivity contribution is 6.39. The van der Waals surface area contributed by atoms with Gasteiger partial charge in [-0.3, -0.25) is 14.5 Å². The first kappa shape index (κ1) is 15.5. The van der Waals surface area contributed by atoms with E-state index < -0.39 is 11.8 Å². The van der Waals surface area contributed by atoms with Gasteiger partial charge in [0.2, 0.25) is 0 Å². The standard InChI is InChI=1S/C16H23N3O2/c1-3-19-9-5-8-14(19)11-17-15(20)16(21)18-13-7-4-6-12(2)10-13/h4,6-7,10,14H,3,5,8-9,11H2,1-2H3,(H,17,20)(H,18,21). The Morgan fingerprint density at radius 1 is 1.33 bits per heavy atom. The molecule has 5 heteroatoms. The molecule has 0 saturated carbocycles. The molecule has 0 radical (unpaired) electrons. The molecule has 1 aliphatic heterocycles. The van der Waals surface area contributed by atoms with Gasteiger partial charge in [-0.1, -0.05) is 19.1 Å². The Morgan fingerprint density at radius 3 is 2.86 bits per heavy atom. The normalized spacial score (nSPS) is 18.5. The third-order valence-corrected chi connectivity index (χ3v) is 3.89. The maximum absolute atomic E-state index is 11.8. The summed E-state index contributed by atoms with van der Waals surface area (Å²) in [6, 6.07) is 7.75. The summed E-state index contributed by atoms with van der Waals surface area (Å²) in [4.78, 5) is 26.0. The quantitative estimate of drug-likeness (QED) is 0.826. The zero-order chi connectivity index (χ0) is 15.2. The molecule has 114 valence electrons. The van der Waals surface area contributed by atoms with Gasteiger partial charge in [-0.25, -0.2) is 0 Å². The summed E-state index contributed by atoms with van der Waals surface area (Å²) in [6.07, 6.45) is 2.23. The Bertz CT molecular complexity index is 516. The van der Waals surface area contributed by atoms with E-state index in [-0.39, 0.29) is 0 Å². The molecule has 1 atom stereocenters. The molecule has 1 aromatic carbocycles. The predicted molar refractivity (Wildman–Crippen MR) is 83.1 cm³/mol. The van der Waals surface area contributed by atoms with Crippen molar-refractivity contribution in [1.29, 1.82) is 0 Å². The van der Waals surface area contributed by atoms with E-state index in [4.69, 9.17) is 0 Å². The number of likely N-dealkylation sites (tertiary alicyclic amines) is 1. The third-order valence-electron chi connectivity index (χ3n) is 3.89. The first-order chi connectivity index (χ1) is 10.1. The first-order valence-electron chi connectivity index (χ1n) is 7.50. The molecule has 1 fully saturated rings. The van der Waals surface area contributed by atoms with Crippen LogP contribution in [0.5, 0.6) is 0 Å². The molecule has 21 heavy (non-hydrogen) atoms. The first-order valence-corrected chi connectivity index (χ1v) is 7.50. The molecule has 0 aliphatic carbocycles. The molecule has 2 rings (SSSR count). The number of hydrogen-bond acceptors (Lipinski definition) is 3. The van der Waals surface area contributed by atoms with E-state index in [1.807, 2.05) is 25.1 Å². The largest absolute Gasteiger partial charge is 0.346 e. The van der Waals surface area contributed by atoms with E-state index in [0.29, 0.717) is 18.3 Å². The van der Waals surface area contributed by atoms with Crippen LogP contribution in [0.4, 0.5) is 5.69 Å². The fraction of sp³-hybridized carbons (Fsp3) is 0.500. The minimum absolute atomic E-state index is 0.353. The summed E-state index contributed by atoms with van der Waals surface area (Å²) >= 11 is 0. The molecule has 2 amide bonds. The average Bonchev–Trinajstić information content (AvgIpc) is 2.92. The molecular formula is C16H23N3O2. The molecule has 2 N–H and O–H groups in total. The van der Waals surface area contributed by atoms with Gasteiger partial charge in [0.05, 0.1) is 0 Å². The van der Waals surface area contributed by atoms with Gasteiger partial charge in [-0.05, 0) is 50.6 Å². The lowest BCUT2D eigenvalue weighted by molar-refractivity contribution is -0.136. The number of hydrogen-bond donors (Lipinski definition) is 2. The maximum atomic E-state index is 11.8. The molecule has 0 aromatic heterocycles. The molecule has 5 nitrogen and oxygen atoms in total. The van der Waals surface area contributed by atoms with E-state index in [2.05, 4.69) is 22.5 Å². The number of carbonyl (C=O) groups excluding carboxylic acids is 2. The Kier molecular flexibility index (Phi) is 5.33. The van der Waals surface area contributed by atoms with Crippen LogP contribution < -0.4 is 10.6 Å². The predicted octanol–water partition coefficient (Wildman–Crippen LogP) is 1.53. The Hall–Kier alpha value is -1.88. The van der Waals surface area contributed by atoms with Crippen LogP contribution in [0.2, 0.25) is 0 Å². The lowest BCUT2D eigenvalue weighted by Crippen LogP contribution is -2.43. The SMILES string of the molecule is CCN1CCCC1CNC(=O)C(=O)Nc1cccc(C)c1. The van der Waals surface area contributed by atoms with Crippen LogP contribution in [0.25, 0.3) is 0 Å². The van der Waals surface area contributed by atoms with Gasteiger partial charge in [0.1, 0.15) is 0 Å². The maximum Gasteiger partial charge on any atom is 0.313 e. The fourth-order valence-electron chi connectivity index (χ4n) is 2.74. The van der Waals surface area contributed by atoms with E-state index in [1.165, 1.54) is 0 Å². The number of benzene rings is 1. The smallest absolute Gasteiger partial charge is 0.313 e. The van der Waals surface area contributed by atoms with Crippen molar-refractivity contribution in [3.63, 3.8) is 0 Å². The summed E-state index contributed by atoms with van der Waals surface area (Å²) in [6.45, 7) is 6.65. The lowest BCUT2D eigenvalue weighted by Gasteiger charge is -2.22. The van der Waals surface area contributed by atoms with Crippen LogP contribution in [0, 0.1) is 6.92 Å². The fourth-order valence-corrected chi connectivity index (χ4v) is 2.74. The number of rotatable bonds is 4. The highest BCUT2D eigenvalue weighted by Gasteiger charge is 2.24. The second kappa shape index (κ2) is 7.22. The van der Waals surface area contributed by atoms with E-state index in [9.17, 15) is 9.59 Å². The summed E-state index contributed by atoms with van der Waals surface area (Å²) in [5.41, 5.74) is 1.68. The van der Waals surface area contributed by atoms with Crippen molar-refractivity contribution in [2.45, 2.75) is 32.7 Å². The number of nitrogens with one attached hydrogen (secondary N) is 2. The van der Waals surface area contributed by atoms with Crippen molar-refractivity contribution in [2.24, 2.45) is 0 Å². The van der Waals surface area contributed by atoms with Crippen LogP contribution in [-0.2, 0) is 9.59 Å². The molecular weight excluding hydrogens is 266 g/mol. The van der Waals surface area contributed by atoms with Gasteiger partial charge in [0, 0.05) is 18.3 Å². The van der Waals surface area contributed by atoms with Crippen LogP contribution in [0.1, 0.15) is 25.3 Å². The van der Waals surface area contributed by atoms with Gasteiger partial charge < -0.3 is 10.6 Å². The van der Waals surface area contributed by atoms with Gasteiger partial charge >= 0.3 is 11.8 Å². The lowest BCUT2D eigenvalue weighted by atomic mass is 10.2. The second-order valence-electron chi connectivity index (χ2n) is 5.46. The Balaban J connectivity index is 1.81. The number of nitrogens with zero attached hydrogens (tertiary/aromatic N) is 1. The molecule has 1 aromatic rings. The van der Waals surface area contributed by atoms with Crippen molar-refractivity contribution in [3.8, 4) is 0 Å². The molecule has 1 unspecified atom stereocenters. The number of likely N-dealkylation sites (N-methyl/N-ethyl adjacent to an activating group) is 1. The van der Waals surface area contributed by atoms with Crippen LogP contribution >= 0.6 is 0 Å². The van der Waals surface area contributed by atoms with Crippen molar-refractivity contribution >= 4 is 17.5 Å². The van der Waals surface area contributed by atoms with Crippen molar-refractivity contribution in [3.05, 3.63) is 29.8 Å². The van der Waals surface area contributed by atoms with Gasteiger partial charge in [-0.15, -0.1) is 0 Å². The van der Waals surface area contributed by atoms with E-state index in [1.54, 1.807) is 6.07 Å². The highest BCUT2D eigenvalue weighted by atomic mass is 16.2. The van der Waals surface area contributed by atoms with E-state index >= 15 is 0 Å². The van der Waals surface area contributed by atoms with Gasteiger partial charge in [0.15, 0.2) is 0 Å². The second-order valence-corrected chi connectivity index (χ2v) is 5.46. The summed E-state index contributed by atoms with van der Waals surface area (Å²) in [5, 5.41) is 5.35. The van der Waals surface area contributed by atoms with Crippen LogP contribution in [0.3, 0.4) is 0 Å². The zero-order valence-electron chi connectivity index (χ0n) is 12.7. The van der Waals surface area contributed by atoms with Crippen molar-refractivity contribution in [2.75, 3.05) is 25.0 Å². The summed E-state index contributed by atoms with van der Waals surface area (Å²) in [5.74, 6) is -1.18. The number of aryl methyl sites for hydroxylation is 1. The topological polar surface area (TPSA) is 61.4 Å². The minimum Gasteiger partial charge on any atom is -0.346 e. The molecule has 0 spiro atoms. The average molecular weight is 289 g/mol. The highest BCUT2D eigenvalue weighted by Crippen LogP contribution is 2.15. The summed E-state index contributed by atoms with van der Waals surface area (Å²) in [7, 11) is 0. The molecule has 1 heterocycles. The number of amides is 2. The third kappa shape index (κ3) is 4.29.